The summed E-state index contributed by atoms with van der Waals surface area (Å²) in [5.74, 6) is 0. The van der Waals surface area contributed by atoms with Gasteiger partial charge in [0.15, 0.2) is 0 Å². The number of aryl methyl sites for hydroxylation is 1. The molecule has 0 saturated carbocycles. The van der Waals surface area contributed by atoms with Crippen LogP contribution in [0, 0.1) is 6.92 Å². The SMILES string of the molecule is CC.CC(C)(C)c1cccnn1.CC(C)(C)c1ccncn1.CC(C)(C)c1ncns1.CC(C)(C)c1nncs1.Cc1nccs1. The van der Waals surface area contributed by atoms with E-state index < -0.39 is 0 Å². The Labute approximate surface area is 290 Å². The first-order chi connectivity index (χ1) is 21.3. The van der Waals surface area contributed by atoms with Crippen LogP contribution in [0.1, 0.15) is 123 Å². The van der Waals surface area contributed by atoms with Crippen LogP contribution in [0.5, 0.6) is 0 Å². The van der Waals surface area contributed by atoms with E-state index in [9.17, 15) is 0 Å². The zero-order chi connectivity index (χ0) is 35.4. The summed E-state index contributed by atoms with van der Waals surface area (Å²) in [6, 6.07) is 5.85. The van der Waals surface area contributed by atoms with Crippen molar-refractivity contribution in [3.63, 3.8) is 0 Å². The third-order valence-corrected chi connectivity index (χ3v) is 8.16. The molecule has 0 N–H and O–H groups in total. The number of hydrogen-bond donors (Lipinski definition) is 0. The second-order valence-electron chi connectivity index (χ2n) is 13.7. The normalized spacial score (nSPS) is 10.9. The smallest absolute Gasteiger partial charge is 0.129 e. The van der Waals surface area contributed by atoms with Gasteiger partial charge in [-0.3, -0.25) is 4.98 Å². The van der Waals surface area contributed by atoms with Crippen LogP contribution in [-0.2, 0) is 21.7 Å². The average Bonchev–Trinajstić information content (AvgIpc) is 3.80. The lowest BCUT2D eigenvalue weighted by Crippen LogP contribution is -2.13. The lowest BCUT2D eigenvalue weighted by molar-refractivity contribution is 0.558. The first kappa shape index (κ1) is 42.9. The van der Waals surface area contributed by atoms with Crippen molar-refractivity contribution in [2.75, 3.05) is 0 Å². The summed E-state index contributed by atoms with van der Waals surface area (Å²) in [6.45, 7) is 31.6. The fourth-order valence-corrected chi connectivity index (χ4v) is 4.38. The molecule has 12 heteroatoms. The molecule has 46 heavy (non-hydrogen) atoms. The van der Waals surface area contributed by atoms with E-state index in [1.165, 1.54) is 11.5 Å². The summed E-state index contributed by atoms with van der Waals surface area (Å²) in [7, 11) is 0. The molecular formula is C34H55N9S3. The molecule has 0 radical (unpaired) electrons. The predicted molar refractivity (Wildman–Crippen MR) is 197 cm³/mol. The Morgan fingerprint density at radius 2 is 1.20 bits per heavy atom. The molecule has 0 saturated heterocycles. The summed E-state index contributed by atoms with van der Waals surface area (Å²) in [6.07, 6.45) is 8.45. The van der Waals surface area contributed by atoms with Crippen molar-refractivity contribution < 1.29 is 0 Å². The van der Waals surface area contributed by atoms with E-state index >= 15 is 0 Å². The Morgan fingerprint density at radius 1 is 0.565 bits per heavy atom. The first-order valence-electron chi connectivity index (χ1n) is 15.3. The van der Waals surface area contributed by atoms with Crippen LogP contribution >= 0.6 is 34.2 Å². The molecule has 5 aromatic rings. The predicted octanol–water partition coefficient (Wildman–Crippen LogP) is 9.70. The molecule has 0 aliphatic rings. The molecular weight excluding hydrogens is 631 g/mol. The third-order valence-electron chi connectivity index (χ3n) is 5.25. The molecule has 0 aliphatic heterocycles. The lowest BCUT2D eigenvalue weighted by Gasteiger charge is -2.16. The van der Waals surface area contributed by atoms with Crippen LogP contribution in [0.4, 0.5) is 0 Å². The standard InChI is InChI=1S/2C8H12N2.2C6H10N2S.C4H5NS.C2H6/c1-8(2,3)7-4-5-9-6-10-7;1-8(2,3)7-5-4-6-9-10-7;1-6(2,3)5-8-7-4-9-5;1-6(2,3)5-7-4-8-9-5;1-4-5-2-3-6-4;1-2/h2*4-6H,1-3H3;2*4H,1-3H3;2-3H,1H3;1-2H3. The summed E-state index contributed by atoms with van der Waals surface area (Å²) < 4.78 is 3.92. The van der Waals surface area contributed by atoms with Crippen LogP contribution in [0.3, 0.4) is 0 Å². The number of aromatic nitrogens is 9. The van der Waals surface area contributed by atoms with Gasteiger partial charge < -0.3 is 0 Å². The summed E-state index contributed by atoms with van der Waals surface area (Å²) in [5.41, 5.74) is 4.48. The van der Waals surface area contributed by atoms with E-state index in [4.69, 9.17) is 0 Å². The minimum absolute atomic E-state index is 0.119. The Balaban J connectivity index is 0.000000547. The Bertz CT molecular complexity index is 1270. The van der Waals surface area contributed by atoms with Crippen LogP contribution in [0.15, 0.2) is 60.3 Å². The highest BCUT2D eigenvalue weighted by Gasteiger charge is 2.17. The van der Waals surface area contributed by atoms with Gasteiger partial charge in [-0.25, -0.2) is 15.0 Å². The van der Waals surface area contributed by atoms with Gasteiger partial charge in [0.2, 0.25) is 0 Å². The van der Waals surface area contributed by atoms with E-state index in [1.54, 1.807) is 59.4 Å². The number of hydrogen-bond acceptors (Lipinski definition) is 12. The highest BCUT2D eigenvalue weighted by Crippen LogP contribution is 2.23. The highest BCUT2D eigenvalue weighted by molar-refractivity contribution is 7.09. The van der Waals surface area contributed by atoms with E-state index in [0.717, 1.165) is 26.4 Å². The average molecular weight is 686 g/mol. The lowest BCUT2D eigenvalue weighted by atomic mass is 9.92. The number of thiazole rings is 1. The zero-order valence-electron chi connectivity index (χ0n) is 30.5. The Morgan fingerprint density at radius 3 is 1.43 bits per heavy atom. The Hall–Kier alpha value is -3.09. The van der Waals surface area contributed by atoms with E-state index in [2.05, 4.69) is 128 Å². The number of nitrogens with zero attached hydrogens (tertiary/aromatic N) is 9. The monoisotopic (exact) mass is 685 g/mol. The van der Waals surface area contributed by atoms with Gasteiger partial charge in [0.25, 0.3) is 0 Å². The maximum Gasteiger partial charge on any atom is 0.129 e. The molecule has 0 bridgehead atoms. The zero-order valence-corrected chi connectivity index (χ0v) is 33.0. The maximum absolute atomic E-state index is 4.14. The van der Waals surface area contributed by atoms with Gasteiger partial charge in [0.05, 0.1) is 10.7 Å². The molecule has 0 amide bonds. The molecule has 0 aromatic carbocycles. The molecule has 5 aromatic heterocycles. The van der Waals surface area contributed by atoms with Crippen molar-refractivity contribution in [2.24, 2.45) is 0 Å². The van der Waals surface area contributed by atoms with Gasteiger partial charge in [-0.1, -0.05) is 96.9 Å². The highest BCUT2D eigenvalue weighted by atomic mass is 32.1. The van der Waals surface area contributed by atoms with Gasteiger partial charge in [0.1, 0.15) is 28.2 Å². The van der Waals surface area contributed by atoms with Crippen molar-refractivity contribution in [2.45, 2.75) is 126 Å². The molecule has 5 heterocycles. The van der Waals surface area contributed by atoms with Crippen molar-refractivity contribution in [1.29, 1.82) is 0 Å². The molecule has 0 unspecified atom stereocenters. The molecule has 0 fully saturated rings. The summed E-state index contributed by atoms with van der Waals surface area (Å²) in [5, 5.41) is 20.8. The second kappa shape index (κ2) is 20.9. The van der Waals surface area contributed by atoms with Crippen LogP contribution in [0.25, 0.3) is 0 Å². The largest absolute Gasteiger partial charge is 0.250 e. The summed E-state index contributed by atoms with van der Waals surface area (Å²) in [4.78, 5) is 16.0. The van der Waals surface area contributed by atoms with Crippen LogP contribution in [-0.4, -0.2) is 44.7 Å². The quantitative estimate of drug-likeness (QED) is 0.157. The van der Waals surface area contributed by atoms with E-state index in [1.807, 2.05) is 44.4 Å². The van der Waals surface area contributed by atoms with Gasteiger partial charge in [0, 0.05) is 51.3 Å². The van der Waals surface area contributed by atoms with Gasteiger partial charge in [-0.05, 0) is 36.7 Å². The second-order valence-corrected chi connectivity index (χ2v) is 16.5. The topological polar surface area (TPSA) is 116 Å². The molecule has 0 aliphatic carbocycles. The van der Waals surface area contributed by atoms with Crippen molar-refractivity contribution >= 4 is 34.2 Å². The molecule has 0 spiro atoms. The third kappa shape index (κ3) is 19.4. The minimum Gasteiger partial charge on any atom is -0.250 e. The molecule has 254 valence electrons. The fourth-order valence-electron chi connectivity index (χ4n) is 2.73. The Kier molecular flexibility index (Phi) is 19.5. The van der Waals surface area contributed by atoms with Gasteiger partial charge in [-0.2, -0.15) is 14.6 Å². The van der Waals surface area contributed by atoms with Gasteiger partial charge in [-0.15, -0.1) is 32.9 Å². The minimum atomic E-state index is 0.119. The van der Waals surface area contributed by atoms with Crippen molar-refractivity contribution in [3.05, 3.63) is 86.7 Å². The van der Waals surface area contributed by atoms with E-state index in [-0.39, 0.29) is 21.7 Å². The van der Waals surface area contributed by atoms with Gasteiger partial charge >= 0.3 is 0 Å². The summed E-state index contributed by atoms with van der Waals surface area (Å²) >= 11 is 4.74. The van der Waals surface area contributed by atoms with Crippen molar-refractivity contribution in [3.8, 4) is 0 Å². The fraction of sp³-hybridized carbons (Fsp3) is 0.559. The van der Waals surface area contributed by atoms with E-state index in [0.29, 0.717) is 0 Å². The molecule has 5 rings (SSSR count). The van der Waals surface area contributed by atoms with Crippen LogP contribution in [0.2, 0.25) is 0 Å². The number of rotatable bonds is 0. The molecule has 0 atom stereocenters. The van der Waals surface area contributed by atoms with Crippen molar-refractivity contribution in [1.82, 2.24) is 44.7 Å². The van der Waals surface area contributed by atoms with Crippen LogP contribution < -0.4 is 0 Å². The molecule has 9 nitrogen and oxygen atoms in total. The maximum atomic E-state index is 4.14. The first-order valence-corrected chi connectivity index (χ1v) is 17.8.